The van der Waals surface area contributed by atoms with Crippen molar-refractivity contribution in [2.75, 3.05) is 0 Å². The first-order valence-corrected chi connectivity index (χ1v) is 9.63. The quantitative estimate of drug-likeness (QED) is 0.624. The highest BCUT2D eigenvalue weighted by molar-refractivity contribution is 7.09. The van der Waals surface area contributed by atoms with Gasteiger partial charge in [-0.2, -0.15) is 0 Å². The molecule has 5 nitrogen and oxygen atoms in total. The minimum atomic E-state index is -0.309. The molecule has 0 aliphatic heterocycles. The van der Waals surface area contributed by atoms with Gasteiger partial charge in [0.05, 0.1) is 23.5 Å². The van der Waals surface area contributed by atoms with Gasteiger partial charge in [-0.05, 0) is 23.3 Å². The number of benzene rings is 2. The summed E-state index contributed by atoms with van der Waals surface area (Å²) in [4.78, 5) is 28.4. The summed E-state index contributed by atoms with van der Waals surface area (Å²) in [5.74, 6) is -0.607. The van der Waals surface area contributed by atoms with Gasteiger partial charge in [0.25, 0.3) is 0 Å². The summed E-state index contributed by atoms with van der Waals surface area (Å²) < 4.78 is 0. The van der Waals surface area contributed by atoms with Gasteiger partial charge in [-0.3, -0.25) is 20.4 Å². The van der Waals surface area contributed by atoms with Crippen molar-refractivity contribution >= 4 is 34.8 Å². The van der Waals surface area contributed by atoms with Crippen molar-refractivity contribution in [2.45, 2.75) is 19.3 Å². The lowest BCUT2D eigenvalue weighted by molar-refractivity contribution is -0.128. The highest BCUT2D eigenvalue weighted by Gasteiger charge is 2.10. The molecular weight excluding hydrogens is 382 g/mol. The Kier molecular flexibility index (Phi) is 6.57. The van der Waals surface area contributed by atoms with Crippen LogP contribution >= 0.6 is 22.9 Å². The second-order valence-corrected chi connectivity index (χ2v) is 7.35. The van der Waals surface area contributed by atoms with Crippen molar-refractivity contribution in [3.63, 3.8) is 0 Å². The average Bonchev–Trinajstić information content (AvgIpc) is 3.09. The molecule has 27 heavy (non-hydrogen) atoms. The molecule has 3 rings (SSSR count). The Labute approximate surface area is 166 Å². The predicted octanol–water partition coefficient (Wildman–Crippen LogP) is 3.32. The van der Waals surface area contributed by atoms with E-state index in [1.807, 2.05) is 35.7 Å². The van der Waals surface area contributed by atoms with Gasteiger partial charge in [0.1, 0.15) is 0 Å². The maximum atomic E-state index is 12.0. The Bertz CT molecular complexity index is 910. The third-order valence-corrected chi connectivity index (χ3v) is 4.91. The summed E-state index contributed by atoms with van der Waals surface area (Å²) in [6.45, 7) is 0. The number of rotatable bonds is 6. The number of hydrazine groups is 1. The van der Waals surface area contributed by atoms with Crippen LogP contribution in [0.25, 0.3) is 0 Å². The Morgan fingerprint density at radius 2 is 1.56 bits per heavy atom. The van der Waals surface area contributed by atoms with E-state index < -0.39 is 0 Å². The van der Waals surface area contributed by atoms with E-state index in [0.29, 0.717) is 10.7 Å². The van der Waals surface area contributed by atoms with Gasteiger partial charge in [0, 0.05) is 16.8 Å². The molecule has 0 spiro atoms. The molecule has 7 heteroatoms. The summed E-state index contributed by atoms with van der Waals surface area (Å²) in [6.07, 6.45) is 1.02. The molecular formula is C20H18ClN3O2S. The summed E-state index contributed by atoms with van der Waals surface area (Å²) in [6, 6.07) is 17.0. The fraction of sp³-hybridized carbons (Fsp3) is 0.150. The van der Waals surface area contributed by atoms with E-state index in [4.69, 9.17) is 11.6 Å². The summed E-state index contributed by atoms with van der Waals surface area (Å²) in [7, 11) is 0. The van der Waals surface area contributed by atoms with Crippen molar-refractivity contribution in [1.82, 2.24) is 15.8 Å². The SMILES string of the molecule is O=C(Cc1ccc(Cl)cc1)NNC(=O)Cc1csc(Cc2ccccc2)n1. The summed E-state index contributed by atoms with van der Waals surface area (Å²) in [5, 5.41) is 3.44. The number of aromatic nitrogens is 1. The molecule has 1 heterocycles. The largest absolute Gasteiger partial charge is 0.273 e. The Morgan fingerprint density at radius 1 is 0.889 bits per heavy atom. The standard InChI is InChI=1S/C20H18ClN3O2S/c21-16-8-6-15(7-9-16)10-18(25)23-24-19(26)12-17-13-27-20(22-17)11-14-4-2-1-3-5-14/h1-9,13H,10-12H2,(H,23,25)(H,24,26). The van der Waals surface area contributed by atoms with E-state index in [1.54, 1.807) is 24.3 Å². The number of halogens is 1. The second-order valence-electron chi connectivity index (χ2n) is 5.97. The first-order valence-electron chi connectivity index (χ1n) is 8.38. The monoisotopic (exact) mass is 399 g/mol. The number of thiazole rings is 1. The van der Waals surface area contributed by atoms with E-state index in [1.165, 1.54) is 16.9 Å². The molecule has 2 aromatic carbocycles. The van der Waals surface area contributed by atoms with Gasteiger partial charge in [0.2, 0.25) is 11.8 Å². The van der Waals surface area contributed by atoms with Gasteiger partial charge >= 0.3 is 0 Å². The lowest BCUT2D eigenvalue weighted by Gasteiger charge is -2.06. The first kappa shape index (κ1) is 19.1. The molecule has 1 aromatic heterocycles. The second kappa shape index (κ2) is 9.30. The Hall–Kier alpha value is -2.70. The van der Waals surface area contributed by atoms with Crippen molar-refractivity contribution in [3.05, 3.63) is 86.8 Å². The highest BCUT2D eigenvalue weighted by Crippen LogP contribution is 2.15. The van der Waals surface area contributed by atoms with E-state index >= 15 is 0 Å². The lowest BCUT2D eigenvalue weighted by atomic mass is 10.1. The minimum absolute atomic E-state index is 0.118. The smallest absolute Gasteiger partial charge is 0.244 e. The van der Waals surface area contributed by atoms with Crippen molar-refractivity contribution < 1.29 is 9.59 Å². The van der Waals surface area contributed by atoms with E-state index in [2.05, 4.69) is 15.8 Å². The Morgan fingerprint density at radius 3 is 2.26 bits per heavy atom. The zero-order valence-corrected chi connectivity index (χ0v) is 16.0. The Balaban J connectivity index is 1.44. The van der Waals surface area contributed by atoms with Gasteiger partial charge in [0.15, 0.2) is 0 Å². The molecule has 0 atom stereocenters. The van der Waals surface area contributed by atoms with Crippen LogP contribution in [0.1, 0.15) is 21.8 Å². The van der Waals surface area contributed by atoms with Gasteiger partial charge < -0.3 is 0 Å². The van der Waals surface area contributed by atoms with Crippen molar-refractivity contribution in [3.8, 4) is 0 Å². The molecule has 0 bridgehead atoms. The van der Waals surface area contributed by atoms with Crippen LogP contribution in [-0.4, -0.2) is 16.8 Å². The maximum absolute atomic E-state index is 12.0. The predicted molar refractivity (Wildman–Crippen MR) is 107 cm³/mol. The molecule has 2 N–H and O–H groups in total. The summed E-state index contributed by atoms with van der Waals surface area (Å²) >= 11 is 7.34. The van der Waals surface area contributed by atoms with E-state index in [9.17, 15) is 9.59 Å². The van der Waals surface area contributed by atoms with Crippen LogP contribution in [-0.2, 0) is 28.9 Å². The number of hydrogen-bond acceptors (Lipinski definition) is 4. The molecule has 138 valence electrons. The van der Waals surface area contributed by atoms with E-state index in [0.717, 1.165) is 17.0 Å². The van der Waals surface area contributed by atoms with Crippen molar-refractivity contribution in [1.29, 1.82) is 0 Å². The molecule has 0 unspecified atom stereocenters. The number of nitrogens with one attached hydrogen (secondary N) is 2. The topological polar surface area (TPSA) is 71.1 Å². The van der Waals surface area contributed by atoms with Crippen LogP contribution in [0.4, 0.5) is 0 Å². The van der Waals surface area contributed by atoms with Crippen LogP contribution in [0.2, 0.25) is 5.02 Å². The molecule has 3 aromatic rings. The summed E-state index contributed by atoms with van der Waals surface area (Å²) in [5.41, 5.74) is 7.52. The normalized spacial score (nSPS) is 10.4. The van der Waals surface area contributed by atoms with Gasteiger partial charge in [-0.1, -0.05) is 54.1 Å². The molecule has 0 saturated carbocycles. The maximum Gasteiger partial charge on any atom is 0.244 e. The van der Waals surface area contributed by atoms with Crippen molar-refractivity contribution in [2.24, 2.45) is 0 Å². The third-order valence-electron chi connectivity index (χ3n) is 3.76. The highest BCUT2D eigenvalue weighted by atomic mass is 35.5. The van der Waals surface area contributed by atoms with Crippen LogP contribution in [0.5, 0.6) is 0 Å². The van der Waals surface area contributed by atoms with Crippen LogP contribution in [0, 0.1) is 0 Å². The fourth-order valence-corrected chi connectivity index (χ4v) is 3.42. The van der Waals surface area contributed by atoms with Crippen LogP contribution < -0.4 is 10.9 Å². The molecule has 0 fully saturated rings. The molecule has 0 aliphatic rings. The lowest BCUT2D eigenvalue weighted by Crippen LogP contribution is -2.43. The number of carbonyl (C=O) groups excluding carboxylic acids is 2. The zero-order chi connectivity index (χ0) is 19.1. The molecule has 2 amide bonds. The van der Waals surface area contributed by atoms with Gasteiger partial charge in [-0.25, -0.2) is 4.98 Å². The number of carbonyl (C=O) groups is 2. The zero-order valence-electron chi connectivity index (χ0n) is 14.4. The average molecular weight is 400 g/mol. The molecule has 0 aliphatic carbocycles. The minimum Gasteiger partial charge on any atom is -0.273 e. The van der Waals surface area contributed by atoms with Gasteiger partial charge in [-0.15, -0.1) is 11.3 Å². The molecule has 0 saturated heterocycles. The van der Waals surface area contributed by atoms with Crippen LogP contribution in [0.15, 0.2) is 60.0 Å². The number of nitrogens with zero attached hydrogens (tertiary/aromatic N) is 1. The fourth-order valence-electron chi connectivity index (χ4n) is 2.46. The van der Waals surface area contributed by atoms with Crippen LogP contribution in [0.3, 0.4) is 0 Å². The number of hydrogen-bond donors (Lipinski definition) is 2. The first-order chi connectivity index (χ1) is 13.1. The van der Waals surface area contributed by atoms with E-state index in [-0.39, 0.29) is 24.7 Å². The third kappa shape index (κ3) is 6.20. The molecule has 0 radical (unpaired) electrons. The number of amides is 2.